The Hall–Kier alpha value is -2.97. The Morgan fingerprint density at radius 2 is 2.07 bits per heavy atom. The number of carboxylic acids is 1. The van der Waals surface area contributed by atoms with Gasteiger partial charge in [0.15, 0.2) is 0 Å². The number of carboxylic acid groups (broad SMARTS) is 1. The van der Waals surface area contributed by atoms with Gasteiger partial charge in [-0.3, -0.25) is 19.1 Å². The van der Waals surface area contributed by atoms with E-state index in [4.69, 9.17) is 5.11 Å². The number of carbonyl (C=O) groups excluding carboxylic acids is 1. The van der Waals surface area contributed by atoms with Gasteiger partial charge in [-0.1, -0.05) is 0 Å². The van der Waals surface area contributed by atoms with Crippen LogP contribution in [0.15, 0.2) is 23.3 Å². The van der Waals surface area contributed by atoms with Gasteiger partial charge in [0.25, 0.3) is 11.5 Å². The lowest BCUT2D eigenvalue weighted by atomic mass is 9.94. The van der Waals surface area contributed by atoms with Crippen LogP contribution in [0.2, 0.25) is 0 Å². The molecule has 2 aromatic heterocycles. The molecule has 0 radical (unpaired) electrons. The van der Waals surface area contributed by atoms with Gasteiger partial charge in [0.2, 0.25) is 0 Å². The first-order valence-corrected chi connectivity index (χ1v) is 9.15. The molecule has 4 rings (SSSR count). The van der Waals surface area contributed by atoms with Gasteiger partial charge in [0, 0.05) is 43.0 Å². The van der Waals surface area contributed by atoms with Crippen molar-refractivity contribution in [1.29, 1.82) is 0 Å². The fourth-order valence-corrected chi connectivity index (χ4v) is 3.65. The molecule has 1 aliphatic heterocycles. The van der Waals surface area contributed by atoms with E-state index in [0.717, 1.165) is 31.4 Å². The van der Waals surface area contributed by atoms with E-state index in [0.29, 0.717) is 24.8 Å². The largest absolute Gasteiger partial charge is 0.480 e. The molecule has 142 valence electrons. The number of piperidine rings is 1. The number of hydrogen-bond donors (Lipinski definition) is 2. The predicted octanol–water partition coefficient (Wildman–Crippen LogP) is 0.948. The highest BCUT2D eigenvalue weighted by Gasteiger charge is 2.30. The SMILES string of the molecule is O=C(O)Cn1nccc1[C@@H]1CCCN(C(=O)c2cnc(C3CC3)[nH]c2=O)C1. The van der Waals surface area contributed by atoms with Crippen LogP contribution in [-0.2, 0) is 11.3 Å². The van der Waals surface area contributed by atoms with E-state index < -0.39 is 11.5 Å². The number of nitrogens with one attached hydrogen (secondary N) is 1. The summed E-state index contributed by atoms with van der Waals surface area (Å²) in [4.78, 5) is 44.8. The fraction of sp³-hybridized carbons (Fsp3) is 0.500. The number of rotatable bonds is 5. The molecule has 1 atom stereocenters. The molecule has 1 aliphatic carbocycles. The number of aromatic amines is 1. The molecule has 2 N–H and O–H groups in total. The normalized spacial score (nSPS) is 19.9. The van der Waals surface area contributed by atoms with Crippen molar-refractivity contribution in [3.8, 4) is 0 Å². The van der Waals surface area contributed by atoms with Crippen LogP contribution in [0.5, 0.6) is 0 Å². The summed E-state index contributed by atoms with van der Waals surface area (Å²) in [6, 6.07) is 1.79. The van der Waals surface area contributed by atoms with E-state index in [1.807, 2.05) is 0 Å². The van der Waals surface area contributed by atoms with Gasteiger partial charge in [-0.2, -0.15) is 5.10 Å². The van der Waals surface area contributed by atoms with Crippen molar-refractivity contribution in [2.45, 2.75) is 44.1 Å². The molecule has 0 bridgehead atoms. The number of nitrogens with zero attached hydrogens (tertiary/aromatic N) is 4. The monoisotopic (exact) mass is 371 g/mol. The molecule has 2 aliphatic rings. The first-order valence-electron chi connectivity index (χ1n) is 9.15. The lowest BCUT2D eigenvalue weighted by molar-refractivity contribution is -0.137. The maximum absolute atomic E-state index is 12.8. The summed E-state index contributed by atoms with van der Waals surface area (Å²) in [6.07, 6.45) is 6.62. The molecule has 1 saturated carbocycles. The van der Waals surface area contributed by atoms with Crippen molar-refractivity contribution in [2.24, 2.45) is 0 Å². The van der Waals surface area contributed by atoms with Crippen molar-refractivity contribution < 1.29 is 14.7 Å². The van der Waals surface area contributed by atoms with Crippen LogP contribution in [0.3, 0.4) is 0 Å². The Balaban J connectivity index is 1.51. The van der Waals surface area contributed by atoms with Crippen LogP contribution in [0, 0.1) is 0 Å². The maximum atomic E-state index is 12.8. The highest BCUT2D eigenvalue weighted by atomic mass is 16.4. The molecule has 3 heterocycles. The third-order valence-corrected chi connectivity index (χ3v) is 5.17. The second kappa shape index (κ2) is 6.98. The predicted molar refractivity (Wildman–Crippen MR) is 94.6 cm³/mol. The molecular formula is C18H21N5O4. The molecule has 27 heavy (non-hydrogen) atoms. The van der Waals surface area contributed by atoms with Crippen LogP contribution in [0.4, 0.5) is 0 Å². The minimum Gasteiger partial charge on any atom is -0.480 e. The quantitative estimate of drug-likeness (QED) is 0.807. The molecule has 0 spiro atoms. The molecule has 0 aromatic carbocycles. The van der Waals surface area contributed by atoms with E-state index in [1.165, 1.54) is 10.9 Å². The van der Waals surface area contributed by atoms with Crippen molar-refractivity contribution in [1.82, 2.24) is 24.6 Å². The summed E-state index contributed by atoms with van der Waals surface area (Å²) in [5.41, 5.74) is 0.458. The molecule has 0 unspecified atom stereocenters. The number of hydrogen-bond acceptors (Lipinski definition) is 5. The molecular weight excluding hydrogens is 350 g/mol. The van der Waals surface area contributed by atoms with Gasteiger partial charge < -0.3 is 15.0 Å². The zero-order chi connectivity index (χ0) is 19.0. The Kier molecular flexibility index (Phi) is 4.51. The van der Waals surface area contributed by atoms with E-state index in [2.05, 4.69) is 15.1 Å². The van der Waals surface area contributed by atoms with Crippen LogP contribution >= 0.6 is 0 Å². The summed E-state index contributed by atoms with van der Waals surface area (Å²) in [5, 5.41) is 13.1. The average Bonchev–Trinajstić information content (AvgIpc) is 3.40. The molecule has 1 amide bonds. The first kappa shape index (κ1) is 17.4. The van der Waals surface area contributed by atoms with E-state index in [-0.39, 0.29) is 23.9 Å². The maximum Gasteiger partial charge on any atom is 0.325 e. The zero-order valence-electron chi connectivity index (χ0n) is 14.8. The first-order chi connectivity index (χ1) is 13.0. The van der Waals surface area contributed by atoms with Crippen LogP contribution in [0.1, 0.15) is 59.4 Å². The minimum absolute atomic E-state index is 0.0117. The van der Waals surface area contributed by atoms with Gasteiger partial charge in [-0.25, -0.2) is 4.98 Å². The second-order valence-corrected chi connectivity index (χ2v) is 7.18. The number of aromatic nitrogens is 4. The van der Waals surface area contributed by atoms with Gasteiger partial charge in [-0.05, 0) is 31.7 Å². The third kappa shape index (κ3) is 3.62. The number of H-pyrrole nitrogens is 1. The molecule has 2 aromatic rings. The van der Waals surface area contributed by atoms with E-state index >= 15 is 0 Å². The molecule has 9 heteroatoms. The van der Waals surface area contributed by atoms with Gasteiger partial charge in [0.1, 0.15) is 17.9 Å². The average molecular weight is 371 g/mol. The molecule has 2 fully saturated rings. The van der Waals surface area contributed by atoms with Crippen molar-refractivity contribution in [3.05, 3.63) is 45.9 Å². The number of aliphatic carboxylic acids is 1. The summed E-state index contributed by atoms with van der Waals surface area (Å²) >= 11 is 0. The standard InChI is InChI=1S/C18H21N5O4/c24-15(25)10-23-14(5-6-20-23)12-2-1-7-22(9-12)18(27)13-8-19-16(11-3-4-11)21-17(13)26/h5-6,8,11-12H,1-4,7,9-10H2,(H,24,25)(H,19,21,26)/t12-/m1/s1. The summed E-state index contributed by atoms with van der Waals surface area (Å²) < 4.78 is 1.46. The fourth-order valence-electron chi connectivity index (χ4n) is 3.65. The highest BCUT2D eigenvalue weighted by molar-refractivity contribution is 5.93. The minimum atomic E-state index is -0.961. The van der Waals surface area contributed by atoms with Crippen LogP contribution in [-0.4, -0.2) is 54.7 Å². The Labute approximate surface area is 155 Å². The number of likely N-dealkylation sites (tertiary alicyclic amines) is 1. The summed E-state index contributed by atoms with van der Waals surface area (Å²) in [7, 11) is 0. The highest BCUT2D eigenvalue weighted by Crippen LogP contribution is 2.37. The lowest BCUT2D eigenvalue weighted by Gasteiger charge is -2.32. The topological polar surface area (TPSA) is 121 Å². The Morgan fingerprint density at radius 1 is 1.26 bits per heavy atom. The number of carbonyl (C=O) groups is 2. The Bertz CT molecular complexity index is 930. The second-order valence-electron chi connectivity index (χ2n) is 7.18. The van der Waals surface area contributed by atoms with E-state index in [1.54, 1.807) is 17.2 Å². The van der Waals surface area contributed by atoms with Gasteiger partial charge >= 0.3 is 5.97 Å². The smallest absolute Gasteiger partial charge is 0.325 e. The van der Waals surface area contributed by atoms with Crippen LogP contribution in [0.25, 0.3) is 0 Å². The number of amides is 1. The zero-order valence-corrected chi connectivity index (χ0v) is 14.8. The van der Waals surface area contributed by atoms with Gasteiger partial charge in [-0.15, -0.1) is 0 Å². The van der Waals surface area contributed by atoms with Gasteiger partial charge in [0.05, 0.1) is 0 Å². The van der Waals surface area contributed by atoms with Crippen molar-refractivity contribution >= 4 is 11.9 Å². The van der Waals surface area contributed by atoms with E-state index in [9.17, 15) is 14.4 Å². The van der Waals surface area contributed by atoms with Crippen LogP contribution < -0.4 is 5.56 Å². The van der Waals surface area contributed by atoms with Crippen molar-refractivity contribution in [3.63, 3.8) is 0 Å². The summed E-state index contributed by atoms with van der Waals surface area (Å²) in [5.74, 6) is -0.333. The molecule has 9 nitrogen and oxygen atoms in total. The Morgan fingerprint density at radius 3 is 2.78 bits per heavy atom. The molecule has 1 saturated heterocycles. The lowest BCUT2D eigenvalue weighted by Crippen LogP contribution is -2.41. The summed E-state index contributed by atoms with van der Waals surface area (Å²) in [6.45, 7) is 0.777. The third-order valence-electron chi connectivity index (χ3n) is 5.17. The van der Waals surface area contributed by atoms with Crippen molar-refractivity contribution in [2.75, 3.05) is 13.1 Å².